The molecular formula is C22H40O8S. The summed E-state index contributed by atoms with van der Waals surface area (Å²) in [6, 6.07) is 0. The van der Waals surface area contributed by atoms with Gasteiger partial charge in [-0.15, -0.1) is 0 Å². The highest BCUT2D eigenvalue weighted by molar-refractivity contribution is 7.87. The fourth-order valence-electron chi connectivity index (χ4n) is 3.34. The zero-order valence-electron chi connectivity index (χ0n) is 18.9. The summed E-state index contributed by atoms with van der Waals surface area (Å²) < 4.78 is 35.5. The molecule has 0 spiro atoms. The van der Waals surface area contributed by atoms with Crippen LogP contribution < -0.4 is 0 Å². The number of carboxylic acids is 1. The molecule has 2 N–H and O–H groups in total. The third-order valence-corrected chi connectivity index (χ3v) is 6.26. The van der Waals surface area contributed by atoms with Gasteiger partial charge in [0.1, 0.15) is 0 Å². The van der Waals surface area contributed by atoms with Gasteiger partial charge in [-0.05, 0) is 6.42 Å². The fourth-order valence-corrected chi connectivity index (χ4v) is 3.98. The van der Waals surface area contributed by atoms with Crippen molar-refractivity contribution in [2.75, 3.05) is 0 Å². The lowest BCUT2D eigenvalue weighted by Gasteiger charge is -2.10. The summed E-state index contributed by atoms with van der Waals surface area (Å²) >= 11 is 0. The van der Waals surface area contributed by atoms with Gasteiger partial charge in [0.25, 0.3) is 10.1 Å². The second-order valence-electron chi connectivity index (χ2n) is 8.09. The van der Waals surface area contributed by atoms with Gasteiger partial charge in [-0.1, -0.05) is 96.8 Å². The van der Waals surface area contributed by atoms with Crippen LogP contribution in [-0.4, -0.2) is 41.2 Å². The Hall–Kier alpha value is -1.48. The van der Waals surface area contributed by atoms with E-state index in [0.717, 1.165) is 25.7 Å². The Labute approximate surface area is 186 Å². The maximum Gasteiger partial charge on any atom is 0.335 e. The molecule has 0 aromatic carbocycles. The van der Waals surface area contributed by atoms with Crippen molar-refractivity contribution in [2.45, 2.75) is 121 Å². The Bertz CT molecular complexity index is 615. The van der Waals surface area contributed by atoms with Crippen LogP contribution in [0.15, 0.2) is 0 Å². The Morgan fingerprint density at radius 1 is 0.742 bits per heavy atom. The van der Waals surface area contributed by atoms with Crippen molar-refractivity contribution in [3.63, 3.8) is 0 Å². The number of hydrogen-bond acceptors (Lipinski definition) is 6. The van der Waals surface area contributed by atoms with Gasteiger partial charge >= 0.3 is 17.9 Å². The molecule has 0 aliphatic heterocycles. The molecule has 1 unspecified atom stereocenters. The van der Waals surface area contributed by atoms with E-state index in [4.69, 9.17) is 9.66 Å². The Morgan fingerprint density at radius 2 is 1.13 bits per heavy atom. The highest BCUT2D eigenvalue weighted by Crippen LogP contribution is 2.14. The van der Waals surface area contributed by atoms with Gasteiger partial charge in [0, 0.05) is 6.42 Å². The second-order valence-corrected chi connectivity index (χ2v) is 9.69. The highest BCUT2D eigenvalue weighted by atomic mass is 32.2. The minimum absolute atomic E-state index is 0.0603. The normalized spacial score (nSPS) is 12.5. The van der Waals surface area contributed by atoms with Crippen LogP contribution in [0.3, 0.4) is 0 Å². The number of esters is 2. The third-order valence-electron chi connectivity index (χ3n) is 5.18. The molecule has 0 aliphatic carbocycles. The van der Waals surface area contributed by atoms with Crippen LogP contribution >= 0.6 is 0 Å². The number of ether oxygens (including phenoxy) is 1. The molecule has 0 bridgehead atoms. The molecular weight excluding hydrogens is 424 g/mol. The number of rotatable bonds is 20. The first-order chi connectivity index (χ1) is 14.7. The van der Waals surface area contributed by atoms with Crippen molar-refractivity contribution in [1.29, 1.82) is 0 Å². The molecule has 9 heteroatoms. The lowest BCUT2D eigenvalue weighted by molar-refractivity contribution is -0.160. The quantitative estimate of drug-likeness (QED) is 0.111. The lowest BCUT2D eigenvalue weighted by atomic mass is 10.0. The topological polar surface area (TPSA) is 135 Å². The van der Waals surface area contributed by atoms with Gasteiger partial charge in [-0.2, -0.15) is 8.42 Å². The first-order valence-electron chi connectivity index (χ1n) is 11.6. The Kier molecular flexibility index (Phi) is 17.3. The van der Waals surface area contributed by atoms with Gasteiger partial charge < -0.3 is 9.84 Å². The van der Waals surface area contributed by atoms with Crippen LogP contribution in [-0.2, 0) is 29.2 Å². The zero-order chi connectivity index (χ0) is 23.5. The van der Waals surface area contributed by atoms with Crippen LogP contribution in [0.4, 0.5) is 0 Å². The largest absolute Gasteiger partial charge is 0.481 e. The SMILES string of the molecule is CCCCCCCCCCCCCCCCCC(=O)OC(=O)C(CC(=O)O)S(=O)(=O)O. The minimum atomic E-state index is -4.96. The van der Waals surface area contributed by atoms with Gasteiger partial charge in [0.05, 0.1) is 6.42 Å². The lowest BCUT2D eigenvalue weighted by Crippen LogP contribution is -2.35. The summed E-state index contributed by atoms with van der Waals surface area (Å²) in [4.78, 5) is 33.9. The minimum Gasteiger partial charge on any atom is -0.481 e. The van der Waals surface area contributed by atoms with Crippen molar-refractivity contribution >= 4 is 28.0 Å². The number of hydrogen-bond donors (Lipinski definition) is 2. The van der Waals surface area contributed by atoms with Crippen molar-refractivity contribution in [3.8, 4) is 0 Å². The van der Waals surface area contributed by atoms with Crippen LogP contribution in [0.5, 0.6) is 0 Å². The number of carboxylic acid groups (broad SMARTS) is 1. The molecule has 182 valence electrons. The molecule has 0 amide bonds. The van der Waals surface area contributed by atoms with E-state index < -0.39 is 39.7 Å². The van der Waals surface area contributed by atoms with E-state index in [1.807, 2.05) is 0 Å². The molecule has 0 radical (unpaired) electrons. The monoisotopic (exact) mass is 464 g/mol. The molecule has 0 rings (SSSR count). The third kappa shape index (κ3) is 17.9. The zero-order valence-corrected chi connectivity index (χ0v) is 19.7. The van der Waals surface area contributed by atoms with Crippen LogP contribution in [0.25, 0.3) is 0 Å². The van der Waals surface area contributed by atoms with Crippen molar-refractivity contribution in [2.24, 2.45) is 0 Å². The molecule has 31 heavy (non-hydrogen) atoms. The van der Waals surface area contributed by atoms with Crippen LogP contribution in [0.1, 0.15) is 116 Å². The smallest absolute Gasteiger partial charge is 0.335 e. The van der Waals surface area contributed by atoms with Gasteiger partial charge in [0.2, 0.25) is 0 Å². The van der Waals surface area contributed by atoms with E-state index in [1.165, 1.54) is 64.2 Å². The van der Waals surface area contributed by atoms with Crippen LogP contribution in [0, 0.1) is 0 Å². The van der Waals surface area contributed by atoms with Crippen LogP contribution in [0.2, 0.25) is 0 Å². The first kappa shape index (κ1) is 29.5. The second kappa shape index (κ2) is 18.1. The molecule has 0 aliphatic rings. The number of carbonyl (C=O) groups is 3. The molecule has 0 fully saturated rings. The maximum absolute atomic E-state index is 11.7. The van der Waals surface area contributed by atoms with Gasteiger partial charge in [-0.3, -0.25) is 18.9 Å². The fraction of sp³-hybridized carbons (Fsp3) is 0.864. The van der Waals surface area contributed by atoms with Gasteiger partial charge in [0.15, 0.2) is 5.25 Å². The standard InChI is InChI=1S/C22H40O8S/c1-2-3-4-5-6-7-8-9-10-11-12-13-14-15-16-17-21(25)30-22(26)19(18-20(23)24)31(27,28)29/h19H,2-18H2,1H3,(H,23,24)(H,27,28,29). The number of carbonyl (C=O) groups excluding carboxylic acids is 2. The van der Waals surface area contributed by atoms with Gasteiger partial charge in [-0.25, -0.2) is 0 Å². The summed E-state index contributed by atoms with van der Waals surface area (Å²) in [5.74, 6) is -4.08. The van der Waals surface area contributed by atoms with E-state index in [0.29, 0.717) is 6.42 Å². The summed E-state index contributed by atoms with van der Waals surface area (Å²) in [5.41, 5.74) is 0. The summed E-state index contributed by atoms with van der Waals surface area (Å²) in [6.45, 7) is 2.23. The molecule has 8 nitrogen and oxygen atoms in total. The van der Waals surface area contributed by atoms with E-state index in [9.17, 15) is 22.8 Å². The maximum atomic E-state index is 11.7. The molecule has 0 saturated carbocycles. The Morgan fingerprint density at radius 3 is 1.48 bits per heavy atom. The van der Waals surface area contributed by atoms with E-state index in [2.05, 4.69) is 11.7 Å². The number of aliphatic carboxylic acids is 1. The average Bonchev–Trinajstić information content (AvgIpc) is 2.68. The van der Waals surface area contributed by atoms with E-state index in [1.54, 1.807) is 0 Å². The molecule has 0 aromatic heterocycles. The van der Waals surface area contributed by atoms with Crippen molar-refractivity contribution in [3.05, 3.63) is 0 Å². The highest BCUT2D eigenvalue weighted by Gasteiger charge is 2.36. The molecule has 0 aromatic rings. The summed E-state index contributed by atoms with van der Waals surface area (Å²) in [7, 11) is -4.96. The molecule has 0 saturated heterocycles. The average molecular weight is 465 g/mol. The predicted molar refractivity (Wildman–Crippen MR) is 118 cm³/mol. The van der Waals surface area contributed by atoms with E-state index >= 15 is 0 Å². The van der Waals surface area contributed by atoms with Crippen molar-refractivity contribution < 1.29 is 37.2 Å². The molecule has 0 heterocycles. The van der Waals surface area contributed by atoms with Crippen molar-refractivity contribution in [1.82, 2.24) is 0 Å². The number of unbranched alkanes of at least 4 members (excludes halogenated alkanes) is 14. The Balaban J connectivity index is 3.67. The first-order valence-corrected chi connectivity index (χ1v) is 13.1. The predicted octanol–water partition coefficient (Wildman–Crippen LogP) is 5.05. The summed E-state index contributed by atoms with van der Waals surface area (Å²) in [5, 5.41) is 6.32. The van der Waals surface area contributed by atoms with E-state index in [-0.39, 0.29) is 6.42 Å². The summed E-state index contributed by atoms with van der Waals surface area (Å²) in [6.07, 6.45) is 16.4. The molecule has 1 atom stereocenters.